The number of amides is 1. The van der Waals surface area contributed by atoms with Gasteiger partial charge in [-0.3, -0.25) is 4.79 Å². The molecule has 0 fully saturated rings. The first-order chi connectivity index (χ1) is 18.8. The smallest absolute Gasteiger partial charge is 0.335 e. The van der Waals surface area contributed by atoms with Crippen LogP contribution in [-0.4, -0.2) is 21.6 Å². The van der Waals surface area contributed by atoms with Gasteiger partial charge in [-0.2, -0.15) is 0 Å². The lowest BCUT2D eigenvalue weighted by Gasteiger charge is -2.17. The Morgan fingerprint density at radius 3 is 2.38 bits per heavy atom. The van der Waals surface area contributed by atoms with Crippen LogP contribution >= 0.6 is 11.8 Å². The van der Waals surface area contributed by atoms with Crippen molar-refractivity contribution in [1.82, 2.24) is 9.88 Å². The molecule has 0 aliphatic heterocycles. The van der Waals surface area contributed by atoms with Crippen LogP contribution in [0.4, 0.5) is 5.69 Å². The van der Waals surface area contributed by atoms with Gasteiger partial charge in [-0.05, 0) is 53.9 Å². The Hall–Kier alpha value is -4.80. The number of aromatic nitrogens is 1. The molecular formula is C32H25N3O3S. The Morgan fingerprint density at radius 1 is 0.949 bits per heavy atom. The van der Waals surface area contributed by atoms with Crippen LogP contribution in [0.5, 0.6) is 0 Å². The van der Waals surface area contributed by atoms with Gasteiger partial charge in [0.2, 0.25) is 0 Å². The van der Waals surface area contributed by atoms with Crippen molar-refractivity contribution in [2.24, 2.45) is 7.05 Å². The maximum absolute atomic E-state index is 13.9. The van der Waals surface area contributed by atoms with Gasteiger partial charge in [0.05, 0.1) is 29.3 Å². The second-order valence-electron chi connectivity index (χ2n) is 9.22. The number of carbonyl (C=O) groups is 2. The SMILES string of the molecule is [C-]#[N+]c1cccc(Sc2cn(C)c3cc(-c4ccccc4)cc(C(=O)N[C@@H](C)c4ccc(C(=O)O)cc4)c23)c1. The molecule has 0 aliphatic rings. The lowest BCUT2D eigenvalue weighted by Crippen LogP contribution is -2.27. The zero-order valence-electron chi connectivity index (χ0n) is 21.4. The number of nitrogens with zero attached hydrogens (tertiary/aromatic N) is 2. The first kappa shape index (κ1) is 25.8. The molecule has 1 heterocycles. The third-order valence-electron chi connectivity index (χ3n) is 6.59. The number of carboxylic acids is 1. The first-order valence-corrected chi connectivity index (χ1v) is 13.1. The Morgan fingerprint density at radius 2 is 1.69 bits per heavy atom. The van der Waals surface area contributed by atoms with E-state index in [2.05, 4.69) is 16.2 Å². The molecule has 0 aliphatic carbocycles. The molecule has 1 atom stereocenters. The molecule has 7 heteroatoms. The highest BCUT2D eigenvalue weighted by molar-refractivity contribution is 7.99. The summed E-state index contributed by atoms with van der Waals surface area (Å²) in [5.41, 5.74) is 4.97. The highest BCUT2D eigenvalue weighted by Gasteiger charge is 2.21. The van der Waals surface area contributed by atoms with Gasteiger partial charge < -0.3 is 15.0 Å². The minimum Gasteiger partial charge on any atom is -0.478 e. The van der Waals surface area contributed by atoms with Gasteiger partial charge in [0, 0.05) is 28.4 Å². The largest absolute Gasteiger partial charge is 0.478 e. The second-order valence-corrected chi connectivity index (χ2v) is 10.3. The van der Waals surface area contributed by atoms with Crippen LogP contribution in [0.3, 0.4) is 0 Å². The summed E-state index contributed by atoms with van der Waals surface area (Å²) in [4.78, 5) is 30.5. The molecule has 0 saturated heterocycles. The number of carbonyl (C=O) groups excluding carboxylic acids is 1. The highest BCUT2D eigenvalue weighted by atomic mass is 32.2. The molecule has 4 aromatic carbocycles. The Kier molecular flexibility index (Phi) is 7.22. The summed E-state index contributed by atoms with van der Waals surface area (Å²) < 4.78 is 2.02. The van der Waals surface area contributed by atoms with Gasteiger partial charge in [-0.15, -0.1) is 0 Å². The summed E-state index contributed by atoms with van der Waals surface area (Å²) >= 11 is 1.52. The topological polar surface area (TPSA) is 75.7 Å². The molecule has 192 valence electrons. The van der Waals surface area contributed by atoms with E-state index >= 15 is 0 Å². The van der Waals surface area contributed by atoms with E-state index in [0.29, 0.717) is 11.3 Å². The molecule has 0 bridgehead atoms. The number of hydrogen-bond acceptors (Lipinski definition) is 3. The number of benzene rings is 4. The van der Waals surface area contributed by atoms with Crippen molar-refractivity contribution in [2.75, 3.05) is 0 Å². The minimum atomic E-state index is -0.991. The quantitative estimate of drug-likeness (QED) is 0.211. The number of hydrogen-bond donors (Lipinski definition) is 2. The fourth-order valence-corrected chi connectivity index (χ4v) is 5.65. The lowest BCUT2D eigenvalue weighted by molar-refractivity contribution is 0.0696. The molecule has 0 spiro atoms. The summed E-state index contributed by atoms with van der Waals surface area (Å²) in [6.45, 7) is 9.23. The summed E-state index contributed by atoms with van der Waals surface area (Å²) in [6.07, 6.45) is 2.01. The molecule has 5 aromatic rings. The van der Waals surface area contributed by atoms with Crippen LogP contribution in [0.1, 0.15) is 39.2 Å². The number of aromatic carboxylic acids is 1. The monoisotopic (exact) mass is 531 g/mol. The summed E-state index contributed by atoms with van der Waals surface area (Å²) in [5.74, 6) is -1.22. The van der Waals surface area contributed by atoms with E-state index in [1.807, 2.05) is 79.3 Å². The zero-order valence-corrected chi connectivity index (χ0v) is 22.2. The number of aryl methyl sites for hydroxylation is 1. The normalized spacial score (nSPS) is 11.6. The average Bonchev–Trinajstić information content (AvgIpc) is 3.27. The number of carboxylic acid groups (broad SMARTS) is 1. The van der Waals surface area contributed by atoms with Gasteiger partial charge >= 0.3 is 5.97 Å². The average molecular weight is 532 g/mol. The van der Waals surface area contributed by atoms with E-state index in [1.54, 1.807) is 18.2 Å². The third-order valence-corrected chi connectivity index (χ3v) is 7.61. The molecule has 5 rings (SSSR count). The summed E-state index contributed by atoms with van der Waals surface area (Å²) in [5, 5.41) is 13.1. The predicted molar refractivity (Wildman–Crippen MR) is 154 cm³/mol. The van der Waals surface area contributed by atoms with Crippen LogP contribution in [0, 0.1) is 6.57 Å². The van der Waals surface area contributed by atoms with Gasteiger partial charge in [0.15, 0.2) is 5.69 Å². The summed E-state index contributed by atoms with van der Waals surface area (Å²) in [7, 11) is 1.96. The molecular weight excluding hydrogens is 506 g/mol. The van der Waals surface area contributed by atoms with Crippen LogP contribution in [0.2, 0.25) is 0 Å². The van der Waals surface area contributed by atoms with E-state index < -0.39 is 5.97 Å². The fourth-order valence-electron chi connectivity index (χ4n) is 4.54. The maximum atomic E-state index is 13.9. The highest BCUT2D eigenvalue weighted by Crippen LogP contribution is 2.39. The molecule has 1 amide bonds. The van der Waals surface area contributed by atoms with Crippen LogP contribution in [-0.2, 0) is 7.05 Å². The summed E-state index contributed by atoms with van der Waals surface area (Å²) in [6, 6.07) is 27.6. The predicted octanol–water partition coefficient (Wildman–Crippen LogP) is 7.74. The van der Waals surface area contributed by atoms with Crippen LogP contribution in [0.15, 0.2) is 107 Å². The van der Waals surface area contributed by atoms with Crippen LogP contribution < -0.4 is 5.32 Å². The minimum absolute atomic E-state index is 0.197. The second kappa shape index (κ2) is 10.9. The molecule has 39 heavy (non-hydrogen) atoms. The van der Waals surface area contributed by atoms with E-state index in [0.717, 1.165) is 37.4 Å². The number of fused-ring (bicyclic) bond motifs is 1. The van der Waals surface area contributed by atoms with E-state index in [9.17, 15) is 14.7 Å². The van der Waals surface area contributed by atoms with Crippen molar-refractivity contribution in [3.05, 3.63) is 125 Å². The molecule has 0 radical (unpaired) electrons. The van der Waals surface area contributed by atoms with Gasteiger partial charge in [0.25, 0.3) is 5.91 Å². The fraction of sp³-hybridized carbons (Fsp3) is 0.0938. The molecule has 1 aromatic heterocycles. The van der Waals surface area contributed by atoms with Crippen molar-refractivity contribution >= 4 is 40.2 Å². The van der Waals surface area contributed by atoms with Gasteiger partial charge in [0.1, 0.15) is 0 Å². The maximum Gasteiger partial charge on any atom is 0.335 e. The van der Waals surface area contributed by atoms with Gasteiger partial charge in [-0.1, -0.05) is 72.4 Å². The number of rotatable bonds is 7. The Bertz CT molecular complexity index is 1740. The van der Waals surface area contributed by atoms with Crippen molar-refractivity contribution in [3.8, 4) is 11.1 Å². The van der Waals surface area contributed by atoms with Gasteiger partial charge in [-0.25, -0.2) is 9.64 Å². The first-order valence-electron chi connectivity index (χ1n) is 12.3. The lowest BCUT2D eigenvalue weighted by atomic mass is 9.99. The Balaban J connectivity index is 1.58. The molecule has 0 unspecified atom stereocenters. The zero-order chi connectivity index (χ0) is 27.5. The van der Waals surface area contributed by atoms with Crippen LogP contribution in [0.25, 0.3) is 26.9 Å². The number of nitrogens with one attached hydrogen (secondary N) is 1. The van der Waals surface area contributed by atoms with E-state index in [4.69, 9.17) is 6.57 Å². The standard InChI is InChI=1S/C32H25N3O3S/c1-20(21-12-14-23(15-13-21)32(37)38)34-31(36)27-16-24(22-8-5-4-6-9-22)17-28-30(27)29(19-35(28)3)39-26-11-7-10-25(18-26)33-2/h4-20H,1,3H3,(H,34,36)(H,37,38)/t20-/m0/s1. The van der Waals surface area contributed by atoms with Crippen molar-refractivity contribution < 1.29 is 14.7 Å². The van der Waals surface area contributed by atoms with E-state index in [1.165, 1.54) is 23.9 Å². The van der Waals surface area contributed by atoms with Crippen molar-refractivity contribution in [3.63, 3.8) is 0 Å². The third kappa shape index (κ3) is 5.42. The van der Waals surface area contributed by atoms with E-state index in [-0.39, 0.29) is 17.5 Å². The molecule has 2 N–H and O–H groups in total. The van der Waals surface area contributed by atoms with Crippen molar-refractivity contribution in [1.29, 1.82) is 0 Å². The Labute approximate surface area is 230 Å². The molecule has 6 nitrogen and oxygen atoms in total. The molecule has 0 saturated carbocycles. The van der Waals surface area contributed by atoms with Crippen molar-refractivity contribution in [2.45, 2.75) is 22.8 Å².